The third kappa shape index (κ3) is 4.32. The minimum absolute atomic E-state index is 0.0789. The van der Waals surface area contributed by atoms with E-state index in [0.29, 0.717) is 13.0 Å². The Morgan fingerprint density at radius 2 is 1.78 bits per heavy atom. The minimum Gasteiger partial charge on any atom is -0.466 e. The third-order valence-corrected chi connectivity index (χ3v) is 2.85. The molecule has 0 fully saturated rings. The molecule has 0 unspecified atom stereocenters. The Morgan fingerprint density at radius 3 is 2.33 bits per heavy atom. The molecule has 1 rings (SSSR count). The Labute approximate surface area is 108 Å². The lowest BCUT2D eigenvalue weighted by atomic mass is 9.80. The highest BCUT2D eigenvalue weighted by molar-refractivity contribution is 5.98. The molecular formula is C15H20O3. The molecule has 0 aromatic heterocycles. The van der Waals surface area contributed by atoms with Gasteiger partial charge in [0.2, 0.25) is 0 Å². The van der Waals surface area contributed by atoms with E-state index in [1.165, 1.54) is 0 Å². The molecule has 1 aromatic rings. The lowest BCUT2D eigenvalue weighted by Gasteiger charge is -2.22. The smallest absolute Gasteiger partial charge is 0.313 e. The summed E-state index contributed by atoms with van der Waals surface area (Å²) >= 11 is 0. The van der Waals surface area contributed by atoms with Gasteiger partial charge in [-0.1, -0.05) is 44.2 Å². The summed E-state index contributed by atoms with van der Waals surface area (Å²) in [6.07, 6.45) is 0.486. The quantitative estimate of drug-likeness (QED) is 0.574. The van der Waals surface area contributed by atoms with Gasteiger partial charge in [-0.2, -0.15) is 0 Å². The van der Waals surface area contributed by atoms with Gasteiger partial charge in [-0.05, 0) is 18.9 Å². The number of benzene rings is 1. The highest BCUT2D eigenvalue weighted by Gasteiger charge is 2.29. The molecule has 0 radical (unpaired) electrons. The standard InChI is InChI=1S/C15H20O3/c1-4-18-14(17)10-13(16)15(2,3)11-12-8-6-5-7-9-12/h5-9H,4,10-11H2,1-3H3. The fraction of sp³-hybridized carbons (Fsp3) is 0.467. The van der Waals surface area contributed by atoms with Gasteiger partial charge in [-0.15, -0.1) is 0 Å². The number of esters is 1. The summed E-state index contributed by atoms with van der Waals surface area (Å²) < 4.78 is 4.80. The first-order valence-corrected chi connectivity index (χ1v) is 6.18. The Bertz CT molecular complexity index is 407. The first-order valence-electron chi connectivity index (χ1n) is 6.18. The zero-order valence-corrected chi connectivity index (χ0v) is 11.2. The van der Waals surface area contributed by atoms with Gasteiger partial charge in [0.1, 0.15) is 12.2 Å². The zero-order chi connectivity index (χ0) is 13.6. The molecule has 3 nitrogen and oxygen atoms in total. The van der Waals surface area contributed by atoms with Crippen molar-refractivity contribution >= 4 is 11.8 Å². The Hall–Kier alpha value is -1.64. The maximum Gasteiger partial charge on any atom is 0.313 e. The van der Waals surface area contributed by atoms with E-state index in [2.05, 4.69) is 0 Å². The Morgan fingerprint density at radius 1 is 1.17 bits per heavy atom. The molecule has 0 bridgehead atoms. The molecule has 0 aliphatic carbocycles. The maximum atomic E-state index is 12.1. The zero-order valence-electron chi connectivity index (χ0n) is 11.2. The summed E-state index contributed by atoms with van der Waals surface area (Å²) in [6.45, 7) is 5.77. The molecule has 18 heavy (non-hydrogen) atoms. The third-order valence-electron chi connectivity index (χ3n) is 2.85. The first-order chi connectivity index (χ1) is 8.45. The van der Waals surface area contributed by atoms with Crippen LogP contribution in [0.5, 0.6) is 0 Å². The van der Waals surface area contributed by atoms with Crippen molar-refractivity contribution in [3.8, 4) is 0 Å². The summed E-state index contributed by atoms with van der Waals surface area (Å²) in [5.41, 5.74) is 0.549. The SMILES string of the molecule is CCOC(=O)CC(=O)C(C)(C)Cc1ccccc1. The van der Waals surface area contributed by atoms with E-state index >= 15 is 0 Å². The van der Waals surface area contributed by atoms with Crippen LogP contribution in [-0.2, 0) is 20.7 Å². The van der Waals surface area contributed by atoms with Crippen molar-refractivity contribution in [3.05, 3.63) is 35.9 Å². The largest absolute Gasteiger partial charge is 0.466 e. The molecule has 1 aromatic carbocycles. The second kappa shape index (κ2) is 6.34. The number of carbonyl (C=O) groups excluding carboxylic acids is 2. The van der Waals surface area contributed by atoms with E-state index in [1.54, 1.807) is 6.92 Å². The number of ether oxygens (including phenoxy) is 1. The second-order valence-corrected chi connectivity index (χ2v) is 4.95. The highest BCUT2D eigenvalue weighted by Crippen LogP contribution is 2.24. The molecule has 98 valence electrons. The monoisotopic (exact) mass is 248 g/mol. The number of hydrogen-bond acceptors (Lipinski definition) is 3. The molecule has 0 saturated carbocycles. The van der Waals surface area contributed by atoms with Crippen molar-refractivity contribution < 1.29 is 14.3 Å². The van der Waals surface area contributed by atoms with Crippen molar-refractivity contribution in [2.45, 2.75) is 33.6 Å². The number of hydrogen-bond donors (Lipinski definition) is 0. The van der Waals surface area contributed by atoms with Crippen LogP contribution in [0.25, 0.3) is 0 Å². The molecule has 0 spiro atoms. The van der Waals surface area contributed by atoms with E-state index in [1.807, 2.05) is 44.2 Å². The summed E-state index contributed by atoms with van der Waals surface area (Å²) in [4.78, 5) is 23.4. The highest BCUT2D eigenvalue weighted by atomic mass is 16.5. The number of rotatable bonds is 6. The van der Waals surface area contributed by atoms with Crippen LogP contribution in [0.3, 0.4) is 0 Å². The average Bonchev–Trinajstić information content (AvgIpc) is 2.29. The minimum atomic E-state index is -0.548. The Kier molecular flexibility index (Phi) is 5.08. The van der Waals surface area contributed by atoms with Crippen LogP contribution in [-0.4, -0.2) is 18.4 Å². The van der Waals surface area contributed by atoms with Crippen LogP contribution in [0.4, 0.5) is 0 Å². The number of ketones is 1. The van der Waals surface area contributed by atoms with Crippen LogP contribution in [0.2, 0.25) is 0 Å². The topological polar surface area (TPSA) is 43.4 Å². The van der Waals surface area contributed by atoms with Gasteiger partial charge < -0.3 is 4.74 Å². The molecular weight excluding hydrogens is 228 g/mol. The van der Waals surface area contributed by atoms with Crippen LogP contribution in [0, 0.1) is 5.41 Å². The summed E-state index contributed by atoms with van der Waals surface area (Å²) in [7, 11) is 0. The van der Waals surface area contributed by atoms with Crippen LogP contribution in [0.1, 0.15) is 32.8 Å². The molecule has 0 N–H and O–H groups in total. The fourth-order valence-corrected chi connectivity index (χ4v) is 1.79. The van der Waals surface area contributed by atoms with E-state index < -0.39 is 11.4 Å². The second-order valence-electron chi connectivity index (χ2n) is 4.95. The van der Waals surface area contributed by atoms with Crippen molar-refractivity contribution in [2.75, 3.05) is 6.61 Å². The van der Waals surface area contributed by atoms with Crippen molar-refractivity contribution in [2.24, 2.45) is 5.41 Å². The summed E-state index contributed by atoms with van der Waals surface area (Å²) in [5.74, 6) is -0.520. The lowest BCUT2D eigenvalue weighted by Crippen LogP contribution is -2.29. The lowest BCUT2D eigenvalue weighted by molar-refractivity contribution is -0.147. The van der Waals surface area contributed by atoms with Crippen molar-refractivity contribution in [3.63, 3.8) is 0 Å². The average molecular weight is 248 g/mol. The molecule has 0 atom stereocenters. The number of Topliss-reactive ketones (excluding diaryl/α,β-unsaturated/α-hetero) is 1. The van der Waals surface area contributed by atoms with Crippen LogP contribution >= 0.6 is 0 Å². The van der Waals surface area contributed by atoms with Crippen LogP contribution in [0.15, 0.2) is 30.3 Å². The maximum absolute atomic E-state index is 12.1. The van der Waals surface area contributed by atoms with Gasteiger partial charge in [-0.25, -0.2) is 0 Å². The van der Waals surface area contributed by atoms with E-state index in [4.69, 9.17) is 4.74 Å². The predicted molar refractivity (Wildman–Crippen MR) is 70.2 cm³/mol. The van der Waals surface area contributed by atoms with E-state index in [9.17, 15) is 9.59 Å². The summed E-state index contributed by atoms with van der Waals surface area (Å²) in [5, 5.41) is 0. The molecule has 0 aliphatic rings. The molecule has 3 heteroatoms. The molecule has 0 aliphatic heterocycles. The predicted octanol–water partition coefficient (Wildman–Crippen LogP) is 2.78. The van der Waals surface area contributed by atoms with Gasteiger partial charge in [0.05, 0.1) is 6.61 Å². The van der Waals surface area contributed by atoms with Gasteiger partial charge in [-0.3, -0.25) is 9.59 Å². The van der Waals surface area contributed by atoms with Gasteiger partial charge in [0, 0.05) is 5.41 Å². The first kappa shape index (κ1) is 14.4. The number of carbonyl (C=O) groups is 2. The van der Waals surface area contributed by atoms with E-state index in [0.717, 1.165) is 5.56 Å². The van der Waals surface area contributed by atoms with Crippen LogP contribution < -0.4 is 0 Å². The van der Waals surface area contributed by atoms with Gasteiger partial charge >= 0.3 is 5.97 Å². The van der Waals surface area contributed by atoms with E-state index in [-0.39, 0.29) is 12.2 Å². The summed E-state index contributed by atoms with van der Waals surface area (Å²) in [6, 6.07) is 9.80. The van der Waals surface area contributed by atoms with Gasteiger partial charge in [0.25, 0.3) is 0 Å². The van der Waals surface area contributed by atoms with Crippen molar-refractivity contribution in [1.82, 2.24) is 0 Å². The fourth-order valence-electron chi connectivity index (χ4n) is 1.79. The molecule has 0 heterocycles. The van der Waals surface area contributed by atoms with Gasteiger partial charge in [0.15, 0.2) is 0 Å². The Balaban J connectivity index is 2.63. The molecule has 0 amide bonds. The normalized spacial score (nSPS) is 11.1. The van der Waals surface area contributed by atoms with Crippen molar-refractivity contribution in [1.29, 1.82) is 0 Å². The molecule has 0 saturated heterocycles.